The SMILES string of the molecule is CC(C)C1CCC(Br)C(CCOC(C)(C)C)C1. The number of alkyl halides is 1. The number of halogens is 1. The van der Waals surface area contributed by atoms with Crippen LogP contribution in [-0.4, -0.2) is 17.0 Å². The van der Waals surface area contributed by atoms with Crippen molar-refractivity contribution < 1.29 is 4.74 Å². The van der Waals surface area contributed by atoms with E-state index in [4.69, 9.17) is 4.74 Å². The van der Waals surface area contributed by atoms with Crippen LogP contribution in [0.15, 0.2) is 0 Å². The first-order chi connectivity index (χ1) is 7.79. The molecule has 1 saturated carbocycles. The molecule has 0 aromatic heterocycles. The summed E-state index contributed by atoms with van der Waals surface area (Å²) in [4.78, 5) is 0.709. The molecule has 0 N–H and O–H groups in total. The Balaban J connectivity index is 2.35. The maximum atomic E-state index is 5.86. The summed E-state index contributed by atoms with van der Waals surface area (Å²) < 4.78 is 5.86. The molecule has 1 aliphatic rings. The minimum Gasteiger partial charge on any atom is -0.376 e. The van der Waals surface area contributed by atoms with E-state index in [1.165, 1.54) is 25.7 Å². The lowest BCUT2D eigenvalue weighted by molar-refractivity contribution is -0.0122. The lowest BCUT2D eigenvalue weighted by Crippen LogP contribution is -2.29. The number of hydrogen-bond acceptors (Lipinski definition) is 1. The Morgan fingerprint density at radius 3 is 2.41 bits per heavy atom. The van der Waals surface area contributed by atoms with Gasteiger partial charge in [0.1, 0.15) is 0 Å². The second kappa shape index (κ2) is 6.56. The molecular weight excluding hydrogens is 276 g/mol. The van der Waals surface area contributed by atoms with Gasteiger partial charge in [-0.25, -0.2) is 0 Å². The topological polar surface area (TPSA) is 9.23 Å². The van der Waals surface area contributed by atoms with Gasteiger partial charge in [-0.2, -0.15) is 0 Å². The van der Waals surface area contributed by atoms with Gasteiger partial charge in [0.25, 0.3) is 0 Å². The van der Waals surface area contributed by atoms with E-state index in [9.17, 15) is 0 Å². The molecular formula is C15H29BrO. The van der Waals surface area contributed by atoms with Gasteiger partial charge in [0.05, 0.1) is 5.60 Å². The lowest BCUT2D eigenvalue weighted by Gasteiger charge is -2.35. The molecule has 0 saturated heterocycles. The van der Waals surface area contributed by atoms with Crippen molar-refractivity contribution >= 4 is 15.9 Å². The predicted molar refractivity (Wildman–Crippen MR) is 78.7 cm³/mol. The van der Waals surface area contributed by atoms with Gasteiger partial charge < -0.3 is 4.74 Å². The zero-order valence-electron chi connectivity index (χ0n) is 12.1. The summed E-state index contributed by atoms with van der Waals surface area (Å²) in [6.45, 7) is 12.0. The average Bonchev–Trinajstić information content (AvgIpc) is 2.18. The summed E-state index contributed by atoms with van der Waals surface area (Å²) in [5.74, 6) is 2.56. The summed E-state index contributed by atoms with van der Waals surface area (Å²) in [5.41, 5.74) is 0.00786. The summed E-state index contributed by atoms with van der Waals surface area (Å²) in [6, 6.07) is 0. The summed E-state index contributed by atoms with van der Waals surface area (Å²) >= 11 is 3.86. The minimum absolute atomic E-state index is 0.00786. The molecule has 3 atom stereocenters. The van der Waals surface area contributed by atoms with Gasteiger partial charge >= 0.3 is 0 Å². The maximum absolute atomic E-state index is 5.86. The van der Waals surface area contributed by atoms with E-state index in [-0.39, 0.29) is 5.60 Å². The molecule has 0 spiro atoms. The fourth-order valence-corrected chi connectivity index (χ4v) is 3.43. The largest absolute Gasteiger partial charge is 0.376 e. The van der Waals surface area contributed by atoms with Gasteiger partial charge in [0.2, 0.25) is 0 Å². The minimum atomic E-state index is 0.00786. The van der Waals surface area contributed by atoms with Gasteiger partial charge in [0, 0.05) is 11.4 Å². The van der Waals surface area contributed by atoms with Crippen molar-refractivity contribution in [3.05, 3.63) is 0 Å². The molecule has 102 valence electrons. The predicted octanol–water partition coefficient (Wildman–Crippen LogP) is 5.03. The zero-order valence-corrected chi connectivity index (χ0v) is 13.7. The molecule has 1 aliphatic carbocycles. The third kappa shape index (κ3) is 5.74. The Hall–Kier alpha value is 0.440. The first kappa shape index (κ1) is 15.5. The molecule has 1 fully saturated rings. The molecule has 0 radical (unpaired) electrons. The highest BCUT2D eigenvalue weighted by molar-refractivity contribution is 9.09. The van der Waals surface area contributed by atoms with Crippen molar-refractivity contribution in [2.75, 3.05) is 6.61 Å². The van der Waals surface area contributed by atoms with Crippen molar-refractivity contribution in [2.24, 2.45) is 17.8 Å². The molecule has 0 amide bonds. The molecule has 0 heterocycles. The van der Waals surface area contributed by atoms with E-state index in [0.29, 0.717) is 4.83 Å². The lowest BCUT2D eigenvalue weighted by atomic mass is 9.75. The zero-order chi connectivity index (χ0) is 13.1. The van der Waals surface area contributed by atoms with Crippen LogP contribution in [0.4, 0.5) is 0 Å². The fraction of sp³-hybridized carbons (Fsp3) is 1.00. The van der Waals surface area contributed by atoms with Gasteiger partial charge in [-0.05, 0) is 64.2 Å². The average molecular weight is 305 g/mol. The Bertz CT molecular complexity index is 219. The van der Waals surface area contributed by atoms with Gasteiger partial charge in [-0.15, -0.1) is 0 Å². The van der Waals surface area contributed by atoms with Gasteiger partial charge in [0.15, 0.2) is 0 Å². The second-order valence-corrected chi connectivity index (χ2v) is 8.02. The van der Waals surface area contributed by atoms with Crippen molar-refractivity contribution in [1.82, 2.24) is 0 Å². The van der Waals surface area contributed by atoms with Crippen molar-refractivity contribution in [3.8, 4) is 0 Å². The highest BCUT2D eigenvalue weighted by atomic mass is 79.9. The molecule has 2 heteroatoms. The molecule has 1 rings (SSSR count). The maximum Gasteiger partial charge on any atom is 0.0598 e. The summed E-state index contributed by atoms with van der Waals surface area (Å²) in [5, 5.41) is 0. The molecule has 0 bridgehead atoms. The second-order valence-electron chi connectivity index (χ2n) is 6.84. The molecule has 17 heavy (non-hydrogen) atoms. The van der Waals surface area contributed by atoms with Crippen molar-refractivity contribution in [2.45, 2.75) is 70.7 Å². The first-order valence-electron chi connectivity index (χ1n) is 7.07. The van der Waals surface area contributed by atoms with Crippen molar-refractivity contribution in [1.29, 1.82) is 0 Å². The Kier molecular flexibility index (Phi) is 5.98. The highest BCUT2D eigenvalue weighted by Gasteiger charge is 2.30. The van der Waals surface area contributed by atoms with E-state index in [1.807, 2.05) is 0 Å². The van der Waals surface area contributed by atoms with E-state index in [1.54, 1.807) is 0 Å². The van der Waals surface area contributed by atoms with E-state index in [0.717, 1.165) is 24.4 Å². The third-order valence-corrected chi connectivity index (χ3v) is 5.10. The summed E-state index contributed by atoms with van der Waals surface area (Å²) in [7, 11) is 0. The van der Waals surface area contributed by atoms with E-state index >= 15 is 0 Å². The smallest absolute Gasteiger partial charge is 0.0598 e. The van der Waals surface area contributed by atoms with E-state index in [2.05, 4.69) is 50.5 Å². The molecule has 0 aromatic carbocycles. The number of ether oxygens (including phenoxy) is 1. The van der Waals surface area contributed by atoms with Gasteiger partial charge in [-0.1, -0.05) is 29.8 Å². The number of hydrogen-bond donors (Lipinski definition) is 0. The normalized spacial score (nSPS) is 30.9. The standard InChI is InChI=1S/C15H29BrO/c1-11(2)12-6-7-14(16)13(10-12)8-9-17-15(3,4)5/h11-14H,6-10H2,1-5H3. The fourth-order valence-electron chi connectivity index (χ4n) is 2.68. The molecule has 1 nitrogen and oxygen atoms in total. The molecule has 0 aliphatic heterocycles. The van der Waals surface area contributed by atoms with Crippen LogP contribution in [0.2, 0.25) is 0 Å². The monoisotopic (exact) mass is 304 g/mol. The van der Waals surface area contributed by atoms with Crippen LogP contribution in [0.1, 0.15) is 60.3 Å². The van der Waals surface area contributed by atoms with Crippen LogP contribution < -0.4 is 0 Å². The van der Waals surface area contributed by atoms with Crippen LogP contribution in [0, 0.1) is 17.8 Å². The van der Waals surface area contributed by atoms with Crippen LogP contribution in [0.5, 0.6) is 0 Å². The van der Waals surface area contributed by atoms with Crippen LogP contribution in [0.3, 0.4) is 0 Å². The Morgan fingerprint density at radius 1 is 1.24 bits per heavy atom. The summed E-state index contributed by atoms with van der Waals surface area (Å²) in [6.07, 6.45) is 5.31. The highest BCUT2D eigenvalue weighted by Crippen LogP contribution is 2.38. The first-order valence-corrected chi connectivity index (χ1v) is 7.99. The van der Waals surface area contributed by atoms with Crippen LogP contribution in [-0.2, 0) is 4.74 Å². The Labute approximate surface area is 116 Å². The van der Waals surface area contributed by atoms with E-state index < -0.39 is 0 Å². The Morgan fingerprint density at radius 2 is 1.88 bits per heavy atom. The number of rotatable bonds is 4. The van der Waals surface area contributed by atoms with Crippen LogP contribution in [0.25, 0.3) is 0 Å². The third-order valence-electron chi connectivity index (χ3n) is 3.90. The molecule has 0 aromatic rings. The van der Waals surface area contributed by atoms with Gasteiger partial charge in [-0.3, -0.25) is 0 Å². The molecule has 3 unspecified atom stereocenters. The quantitative estimate of drug-likeness (QED) is 0.662. The van der Waals surface area contributed by atoms with Crippen molar-refractivity contribution in [3.63, 3.8) is 0 Å². The van der Waals surface area contributed by atoms with Crippen LogP contribution >= 0.6 is 15.9 Å².